The molecule has 1 amide bonds. The number of hydrogen-bond donors (Lipinski definition) is 2. The highest BCUT2D eigenvalue weighted by atomic mass is 32.2. The van der Waals surface area contributed by atoms with E-state index in [1.165, 1.54) is 4.31 Å². The molecule has 2 N–H and O–H groups in total. The van der Waals surface area contributed by atoms with Gasteiger partial charge in [-0.25, -0.2) is 21.1 Å². The molecule has 0 radical (unpaired) electrons. The number of nitrogens with one attached hydrogen (secondary N) is 2. The third kappa shape index (κ3) is 6.78. The summed E-state index contributed by atoms with van der Waals surface area (Å²) in [5.74, 6) is -0.461. The lowest BCUT2D eigenvalue weighted by Gasteiger charge is -2.31. The lowest BCUT2D eigenvalue weighted by Crippen LogP contribution is -2.45. The number of anilines is 1. The number of carbonyl (C=O) groups excluding carboxylic acids is 1. The fourth-order valence-corrected chi connectivity index (χ4v) is 5.23. The average Bonchev–Trinajstić information content (AvgIpc) is 2.58. The molecule has 8 nitrogen and oxygen atoms in total. The molecule has 27 heavy (non-hydrogen) atoms. The van der Waals surface area contributed by atoms with Gasteiger partial charge >= 0.3 is 0 Å². The van der Waals surface area contributed by atoms with Gasteiger partial charge in [0.15, 0.2) is 0 Å². The van der Waals surface area contributed by atoms with Gasteiger partial charge < -0.3 is 5.32 Å². The minimum absolute atomic E-state index is 0.0987. The summed E-state index contributed by atoms with van der Waals surface area (Å²) in [5.41, 5.74) is 1.18. The summed E-state index contributed by atoms with van der Waals surface area (Å²) in [5, 5.41) is 2.83. The molecule has 1 fully saturated rings. The van der Waals surface area contributed by atoms with Crippen LogP contribution in [0.1, 0.15) is 31.7 Å². The van der Waals surface area contributed by atoms with Gasteiger partial charge in [0.25, 0.3) is 0 Å². The van der Waals surface area contributed by atoms with Crippen molar-refractivity contribution in [1.29, 1.82) is 0 Å². The van der Waals surface area contributed by atoms with E-state index in [0.29, 0.717) is 31.5 Å². The predicted molar refractivity (Wildman–Crippen MR) is 105 cm³/mol. The fourth-order valence-electron chi connectivity index (χ4n) is 3.09. The largest absolute Gasteiger partial charge is 0.352 e. The van der Waals surface area contributed by atoms with Gasteiger partial charge in [-0.15, -0.1) is 0 Å². The van der Waals surface area contributed by atoms with Crippen molar-refractivity contribution in [3.63, 3.8) is 0 Å². The van der Waals surface area contributed by atoms with Crippen LogP contribution in [0.5, 0.6) is 0 Å². The molecule has 1 saturated heterocycles. The summed E-state index contributed by atoms with van der Waals surface area (Å²) in [4.78, 5) is 12.5. The Hall–Kier alpha value is -1.65. The molecular weight excluding hydrogens is 390 g/mol. The molecule has 1 heterocycles. The Morgan fingerprint density at radius 1 is 1.26 bits per heavy atom. The quantitative estimate of drug-likeness (QED) is 0.658. The van der Waals surface area contributed by atoms with Crippen molar-refractivity contribution in [2.45, 2.75) is 32.7 Å². The first-order chi connectivity index (χ1) is 12.6. The Kier molecular flexibility index (Phi) is 7.24. The van der Waals surface area contributed by atoms with E-state index in [9.17, 15) is 21.6 Å². The van der Waals surface area contributed by atoms with Crippen LogP contribution in [0, 0.1) is 5.92 Å². The van der Waals surface area contributed by atoms with E-state index in [-0.39, 0.29) is 30.7 Å². The van der Waals surface area contributed by atoms with Gasteiger partial charge in [-0.1, -0.05) is 19.1 Å². The monoisotopic (exact) mass is 417 g/mol. The average molecular weight is 418 g/mol. The molecule has 1 aromatic carbocycles. The van der Waals surface area contributed by atoms with Gasteiger partial charge in [0, 0.05) is 25.3 Å². The third-order valence-electron chi connectivity index (χ3n) is 4.31. The van der Waals surface area contributed by atoms with E-state index in [4.69, 9.17) is 0 Å². The molecule has 152 valence electrons. The summed E-state index contributed by atoms with van der Waals surface area (Å²) >= 11 is 0. The van der Waals surface area contributed by atoms with Crippen molar-refractivity contribution >= 4 is 31.6 Å². The Labute approximate surface area is 161 Å². The molecule has 0 aromatic heterocycles. The number of carbonyl (C=O) groups is 1. The van der Waals surface area contributed by atoms with Crippen molar-refractivity contribution in [2.75, 3.05) is 29.8 Å². The van der Waals surface area contributed by atoms with E-state index in [2.05, 4.69) is 10.0 Å². The van der Waals surface area contributed by atoms with Gasteiger partial charge in [0.1, 0.15) is 0 Å². The number of piperidine rings is 1. The van der Waals surface area contributed by atoms with Crippen LogP contribution >= 0.6 is 0 Å². The van der Waals surface area contributed by atoms with Crippen molar-refractivity contribution in [2.24, 2.45) is 5.92 Å². The first kappa shape index (κ1) is 21.6. The Bertz CT molecular complexity index is 868. The van der Waals surface area contributed by atoms with Gasteiger partial charge in [-0.2, -0.15) is 0 Å². The molecule has 0 bridgehead atoms. The third-order valence-corrected chi connectivity index (χ3v) is 6.96. The number of hydrogen-bond acceptors (Lipinski definition) is 5. The highest BCUT2D eigenvalue weighted by molar-refractivity contribution is 7.92. The first-order valence-corrected chi connectivity index (χ1v) is 12.4. The van der Waals surface area contributed by atoms with Crippen LogP contribution in [-0.2, 0) is 31.4 Å². The number of nitrogens with zero attached hydrogens (tertiary/aromatic N) is 1. The second kappa shape index (κ2) is 9.03. The summed E-state index contributed by atoms with van der Waals surface area (Å²) < 4.78 is 50.9. The van der Waals surface area contributed by atoms with Crippen LogP contribution in [0.25, 0.3) is 0 Å². The lowest BCUT2D eigenvalue weighted by molar-refractivity contribution is -0.126. The van der Waals surface area contributed by atoms with Crippen LogP contribution in [0.3, 0.4) is 0 Å². The smallest absolute Gasteiger partial charge is 0.229 e. The van der Waals surface area contributed by atoms with Crippen molar-refractivity contribution in [3.05, 3.63) is 29.8 Å². The predicted octanol–water partition coefficient (Wildman–Crippen LogP) is 1.13. The minimum Gasteiger partial charge on any atom is -0.352 e. The molecule has 0 spiro atoms. The highest BCUT2D eigenvalue weighted by Crippen LogP contribution is 2.20. The molecule has 10 heteroatoms. The molecule has 1 unspecified atom stereocenters. The highest BCUT2D eigenvalue weighted by Gasteiger charge is 2.31. The normalized spacial score (nSPS) is 18.8. The minimum atomic E-state index is -3.37. The molecule has 1 aromatic rings. The van der Waals surface area contributed by atoms with E-state index >= 15 is 0 Å². The summed E-state index contributed by atoms with van der Waals surface area (Å²) in [6.45, 7) is 2.74. The Morgan fingerprint density at radius 2 is 2.00 bits per heavy atom. The molecule has 1 atom stereocenters. The lowest BCUT2D eigenvalue weighted by atomic mass is 9.99. The maximum atomic E-state index is 12.5. The van der Waals surface area contributed by atoms with E-state index < -0.39 is 20.0 Å². The second-order valence-electron chi connectivity index (χ2n) is 6.81. The molecular formula is C17H27N3O5S2. The van der Waals surface area contributed by atoms with Crippen molar-refractivity contribution in [3.8, 4) is 0 Å². The standard InChI is InChI=1S/C17H27N3O5S2/c1-3-10-27(24,25)20-9-5-7-15(13-20)17(21)18-12-14-6-4-8-16(11-14)19-26(2,22)23/h4,6,8,11,15,19H,3,5,7,9-10,12-13H2,1-2H3,(H,18,21). The second-order valence-corrected chi connectivity index (χ2v) is 10.6. The van der Waals surface area contributed by atoms with E-state index in [1.807, 2.05) is 6.92 Å². The van der Waals surface area contributed by atoms with Crippen LogP contribution < -0.4 is 10.0 Å². The maximum absolute atomic E-state index is 12.5. The summed E-state index contributed by atoms with van der Waals surface area (Å²) in [6, 6.07) is 6.77. The zero-order valence-electron chi connectivity index (χ0n) is 15.6. The van der Waals surface area contributed by atoms with Gasteiger partial charge in [0.2, 0.25) is 26.0 Å². The Balaban J connectivity index is 1.94. The van der Waals surface area contributed by atoms with Crippen molar-refractivity contribution in [1.82, 2.24) is 9.62 Å². The Morgan fingerprint density at radius 3 is 2.67 bits per heavy atom. The van der Waals surface area contributed by atoms with Gasteiger partial charge in [-0.3, -0.25) is 9.52 Å². The molecule has 1 aliphatic rings. The number of amides is 1. The zero-order chi connectivity index (χ0) is 20.1. The number of sulfonamides is 2. The van der Waals surface area contributed by atoms with Crippen molar-refractivity contribution < 1.29 is 21.6 Å². The van der Waals surface area contributed by atoms with Crippen LogP contribution in [0.4, 0.5) is 5.69 Å². The summed E-state index contributed by atoms with van der Waals surface area (Å²) in [6.07, 6.45) is 2.94. The molecule has 0 aliphatic carbocycles. The van der Waals surface area contributed by atoms with Gasteiger partial charge in [0.05, 0.1) is 17.9 Å². The first-order valence-electron chi connectivity index (χ1n) is 8.93. The topological polar surface area (TPSA) is 113 Å². The SMILES string of the molecule is CCCS(=O)(=O)N1CCCC(C(=O)NCc2cccc(NS(C)(=O)=O)c2)C1. The maximum Gasteiger partial charge on any atom is 0.229 e. The summed E-state index contributed by atoms with van der Waals surface area (Å²) in [7, 11) is -6.67. The van der Waals surface area contributed by atoms with E-state index in [1.54, 1.807) is 24.3 Å². The fraction of sp³-hybridized carbons (Fsp3) is 0.588. The van der Waals surface area contributed by atoms with E-state index in [0.717, 1.165) is 11.8 Å². The zero-order valence-corrected chi connectivity index (χ0v) is 17.3. The molecule has 2 rings (SSSR count). The number of benzene rings is 1. The van der Waals surface area contributed by atoms with Crippen LogP contribution in [0.15, 0.2) is 24.3 Å². The molecule has 0 saturated carbocycles. The van der Waals surface area contributed by atoms with Gasteiger partial charge in [-0.05, 0) is 37.0 Å². The molecule has 1 aliphatic heterocycles. The number of rotatable bonds is 8. The van der Waals surface area contributed by atoms with Crippen LogP contribution in [0.2, 0.25) is 0 Å². The van der Waals surface area contributed by atoms with Crippen LogP contribution in [-0.4, -0.2) is 52.1 Å².